The van der Waals surface area contributed by atoms with Crippen LogP contribution in [0.15, 0.2) is 97.6 Å². The van der Waals surface area contributed by atoms with Gasteiger partial charge in [0.2, 0.25) is 0 Å². The van der Waals surface area contributed by atoms with Gasteiger partial charge in [0.1, 0.15) is 0 Å². The summed E-state index contributed by atoms with van der Waals surface area (Å²) in [6.07, 6.45) is 8.17. The first-order valence-electron chi connectivity index (χ1n) is 17.9. The third-order valence-corrected chi connectivity index (χ3v) is 10.3. The molecule has 292 valence electrons. The summed E-state index contributed by atoms with van der Waals surface area (Å²) in [7, 11) is 12.4. The number of benzene rings is 5. The second-order valence-electron chi connectivity index (χ2n) is 14.2. The Morgan fingerprint density at radius 2 is 0.929 bits per heavy atom. The van der Waals surface area contributed by atoms with Gasteiger partial charge in [-0.3, -0.25) is 0 Å². The fourth-order valence-electron chi connectivity index (χ4n) is 7.81. The van der Waals surface area contributed by atoms with Crippen LogP contribution in [0.5, 0.6) is 0 Å². The fraction of sp³-hybridized carbons (Fsp3) is 0.136. The van der Waals surface area contributed by atoms with Crippen molar-refractivity contribution < 1.29 is 40.8 Å². The monoisotopic (exact) mass is 918 g/mol. The molecule has 4 aliphatic rings. The Bertz CT molecular complexity index is 2360. The van der Waals surface area contributed by atoms with Crippen molar-refractivity contribution in [3.05, 3.63) is 149 Å². The van der Waals surface area contributed by atoms with Crippen LogP contribution in [0.3, 0.4) is 0 Å². The molecule has 4 aliphatic heterocycles. The number of rotatable bonds is 6. The largest absolute Gasteiger partial charge is 0.512 e. The summed E-state index contributed by atoms with van der Waals surface area (Å²) in [6, 6.07) is 41.1. The molecule has 5 aromatic carbocycles. The predicted molar refractivity (Wildman–Crippen MR) is 220 cm³/mol. The van der Waals surface area contributed by atoms with Crippen LogP contribution in [0.1, 0.15) is 0 Å². The molecule has 0 N–H and O–H groups in total. The van der Waals surface area contributed by atoms with Crippen LogP contribution in [0, 0.1) is 50.9 Å². The van der Waals surface area contributed by atoms with E-state index in [0.29, 0.717) is 0 Å². The standard InChI is InChI=1S/C44H38N10.2Pd/c1-45(2)44-42(52-29-48(5)36-11-7-9-13-38(36)52)25-33(26-43(44)53-30-49(6)37-12-8-10-14-39(37)53)54-40-23-31(50-21-19-46(3)27-50)15-17-34(40)35-18-16-32(24-41(35)54)51-22-20-47(4)28-51;;/h7-22,27-30H,1-6H3;;/q-8;;. The molecule has 0 spiro atoms. The molecule has 0 aliphatic carbocycles. The van der Waals surface area contributed by atoms with E-state index in [9.17, 15) is 0 Å². The van der Waals surface area contributed by atoms with Gasteiger partial charge in [0, 0.05) is 63.6 Å². The fourth-order valence-corrected chi connectivity index (χ4v) is 7.81. The van der Waals surface area contributed by atoms with Crippen LogP contribution in [0.2, 0.25) is 0 Å². The van der Waals surface area contributed by atoms with Gasteiger partial charge >= 0.3 is 0 Å². The minimum atomic E-state index is 0. The quantitative estimate of drug-likeness (QED) is 0.122. The van der Waals surface area contributed by atoms with Gasteiger partial charge in [-0.2, -0.15) is 67.4 Å². The van der Waals surface area contributed by atoms with E-state index in [-0.39, 0.29) is 40.8 Å². The summed E-state index contributed by atoms with van der Waals surface area (Å²) < 4.78 is 2.23. The van der Waals surface area contributed by atoms with E-state index in [1.54, 1.807) is 0 Å². The molecule has 0 unspecified atom stereocenters. The molecule has 10 nitrogen and oxygen atoms in total. The van der Waals surface area contributed by atoms with Gasteiger partial charge in [-0.05, 0) is 91.4 Å². The molecule has 5 heterocycles. The SMILES string of the molecule is CN1C=CN(c2[c-]c3c(cc2)c2ccc(N4C=CN(C)[CH-]4)[c-]c2n3-c2[c-]c(N3[CH-]N(C)c4ccccc43)c(N(C)C)c(N3[CH-]N(C)c4ccccc43)[c-]2)[CH-]1.[Pd].[Pd]. The van der Waals surface area contributed by atoms with Crippen molar-refractivity contribution in [3.8, 4) is 5.69 Å². The number of hydrogen-bond donors (Lipinski definition) is 0. The Morgan fingerprint density at radius 3 is 1.32 bits per heavy atom. The maximum atomic E-state index is 3.93. The number of para-hydroxylation sites is 4. The number of hydrogen-bond acceptors (Lipinski definition) is 9. The smallest absolute Gasteiger partial charge is 0.0313 e. The average molecular weight is 920 g/mol. The topological polar surface area (TPSA) is 34.1 Å². The van der Waals surface area contributed by atoms with E-state index in [0.717, 1.165) is 78.7 Å². The third-order valence-electron chi connectivity index (χ3n) is 10.3. The molecule has 0 saturated heterocycles. The van der Waals surface area contributed by atoms with E-state index >= 15 is 0 Å². The molecule has 0 amide bonds. The molecular weight excluding hydrogens is 881 g/mol. The van der Waals surface area contributed by atoms with Crippen molar-refractivity contribution in [2.75, 3.05) is 76.6 Å². The third kappa shape index (κ3) is 5.99. The first-order valence-corrected chi connectivity index (χ1v) is 17.9. The summed E-state index contributed by atoms with van der Waals surface area (Å²) >= 11 is 0. The molecule has 1 aromatic heterocycles. The van der Waals surface area contributed by atoms with Gasteiger partial charge in [-0.1, -0.05) is 35.3 Å². The Morgan fingerprint density at radius 1 is 0.500 bits per heavy atom. The van der Waals surface area contributed by atoms with Crippen molar-refractivity contribution in [2.24, 2.45) is 0 Å². The zero-order valence-corrected chi connectivity index (χ0v) is 34.8. The van der Waals surface area contributed by atoms with E-state index < -0.39 is 0 Å². The summed E-state index contributed by atoms with van der Waals surface area (Å²) in [5.74, 6) is 0. The molecule has 0 saturated carbocycles. The molecule has 6 aromatic rings. The van der Waals surface area contributed by atoms with Crippen LogP contribution in [-0.4, -0.2) is 56.7 Å². The molecule has 0 radical (unpaired) electrons. The van der Waals surface area contributed by atoms with Crippen LogP contribution < -0.4 is 34.3 Å². The predicted octanol–water partition coefficient (Wildman–Crippen LogP) is 8.14. The van der Waals surface area contributed by atoms with Gasteiger partial charge < -0.3 is 60.8 Å². The molecule has 0 atom stereocenters. The van der Waals surface area contributed by atoms with Crippen LogP contribution in [0.4, 0.5) is 51.2 Å². The van der Waals surface area contributed by atoms with Crippen molar-refractivity contribution in [3.63, 3.8) is 0 Å². The van der Waals surface area contributed by atoms with Crippen molar-refractivity contribution >= 4 is 73.0 Å². The molecular formula is C44H38N10Pd2-8. The summed E-state index contributed by atoms with van der Waals surface area (Å²) in [5.41, 5.74) is 11.6. The maximum Gasteiger partial charge on any atom is 0.0313 e. The Balaban J connectivity index is 0.00000220. The van der Waals surface area contributed by atoms with Crippen molar-refractivity contribution in [1.29, 1.82) is 0 Å². The van der Waals surface area contributed by atoms with Gasteiger partial charge in [0.15, 0.2) is 0 Å². The van der Waals surface area contributed by atoms with Crippen LogP contribution in [-0.2, 0) is 40.8 Å². The molecule has 12 heteroatoms. The normalized spacial score (nSPS) is 15.8. The van der Waals surface area contributed by atoms with Gasteiger partial charge in [-0.25, -0.2) is 17.1 Å². The molecule has 0 fully saturated rings. The summed E-state index contributed by atoms with van der Waals surface area (Å²) in [5, 5.41) is 2.15. The number of nitrogens with zero attached hydrogens (tertiary/aromatic N) is 10. The van der Waals surface area contributed by atoms with E-state index in [1.165, 1.54) is 0 Å². The Hall–Kier alpha value is -5.10. The zero-order valence-electron chi connectivity index (χ0n) is 31.7. The number of aromatic nitrogens is 1. The summed E-state index contributed by atoms with van der Waals surface area (Å²) in [4.78, 5) is 19.2. The molecule has 56 heavy (non-hydrogen) atoms. The van der Waals surface area contributed by atoms with E-state index in [2.05, 4.69) is 203 Å². The Kier molecular flexibility index (Phi) is 9.75. The van der Waals surface area contributed by atoms with Crippen molar-refractivity contribution in [1.82, 2.24) is 14.4 Å². The van der Waals surface area contributed by atoms with Gasteiger partial charge in [0.05, 0.1) is 0 Å². The summed E-state index contributed by atoms with van der Waals surface area (Å²) in [6.45, 7) is 8.39. The zero-order chi connectivity index (χ0) is 36.8. The van der Waals surface area contributed by atoms with Crippen LogP contribution in [0.25, 0.3) is 27.5 Å². The molecule has 0 bridgehead atoms. The van der Waals surface area contributed by atoms with Crippen LogP contribution >= 0.6 is 0 Å². The van der Waals surface area contributed by atoms with Gasteiger partial charge in [-0.15, -0.1) is 23.5 Å². The second-order valence-corrected chi connectivity index (χ2v) is 14.2. The van der Waals surface area contributed by atoms with Crippen molar-refractivity contribution in [2.45, 2.75) is 0 Å². The van der Waals surface area contributed by atoms with E-state index in [1.807, 2.05) is 36.3 Å². The first kappa shape index (κ1) is 37.8. The number of fused-ring (bicyclic) bond motifs is 5. The van der Waals surface area contributed by atoms with Gasteiger partial charge in [0.25, 0.3) is 0 Å². The molecule has 10 rings (SSSR count). The van der Waals surface area contributed by atoms with E-state index in [4.69, 9.17) is 0 Å². The second kappa shape index (κ2) is 14.4. The first-order chi connectivity index (χ1) is 26.2. The average Bonchev–Trinajstić information content (AvgIpc) is 4.01. The maximum absolute atomic E-state index is 3.93. The minimum Gasteiger partial charge on any atom is -0.512 e. The minimum absolute atomic E-state index is 0. The number of anilines is 9. The Labute approximate surface area is 356 Å².